The smallest absolute Gasteiger partial charge is 0.407 e. The van der Waals surface area contributed by atoms with Crippen LogP contribution >= 0.6 is 0 Å². The minimum absolute atomic E-state index is 0.0949. The van der Waals surface area contributed by atoms with E-state index in [-0.39, 0.29) is 18.7 Å². The highest BCUT2D eigenvalue weighted by Crippen LogP contribution is 2.24. The number of nitrogens with zero attached hydrogens (tertiary/aromatic N) is 2. The zero-order valence-electron chi connectivity index (χ0n) is 11.9. The van der Waals surface area contributed by atoms with Crippen LogP contribution in [0.4, 0.5) is 14.9 Å². The zero-order valence-corrected chi connectivity index (χ0v) is 11.9. The van der Waals surface area contributed by atoms with Crippen molar-refractivity contribution in [1.29, 1.82) is 0 Å². The molecule has 0 aliphatic carbocycles. The molecule has 8 heteroatoms. The van der Waals surface area contributed by atoms with Crippen LogP contribution in [0.15, 0.2) is 12.1 Å². The number of anilines is 1. The Morgan fingerprint density at radius 2 is 1.91 bits per heavy atom. The van der Waals surface area contributed by atoms with Crippen LogP contribution in [0, 0.1) is 5.82 Å². The SMILES string of the molecule is COC(=O)c1c(F)cc(N2CCN(C(=O)O)CC2)cc1C=O. The van der Waals surface area contributed by atoms with E-state index in [1.807, 2.05) is 0 Å². The van der Waals surface area contributed by atoms with Crippen LogP contribution in [-0.4, -0.2) is 61.6 Å². The molecule has 2 rings (SSSR count). The fourth-order valence-electron chi connectivity index (χ4n) is 2.36. The van der Waals surface area contributed by atoms with Crippen molar-refractivity contribution >= 4 is 24.0 Å². The standard InChI is InChI=1S/C14H15FN2O5/c1-22-13(19)12-9(8-18)6-10(7-11(12)15)16-2-4-17(5-3-16)14(20)21/h6-8H,2-5H2,1H3,(H,20,21). The van der Waals surface area contributed by atoms with Gasteiger partial charge in [-0.1, -0.05) is 0 Å². The van der Waals surface area contributed by atoms with Gasteiger partial charge in [0.05, 0.1) is 7.11 Å². The summed E-state index contributed by atoms with van der Waals surface area (Å²) in [6, 6.07) is 2.55. The first-order valence-corrected chi connectivity index (χ1v) is 6.57. The molecule has 0 unspecified atom stereocenters. The van der Waals surface area contributed by atoms with Gasteiger partial charge in [-0.2, -0.15) is 0 Å². The summed E-state index contributed by atoms with van der Waals surface area (Å²) in [4.78, 5) is 36.5. The third-order valence-electron chi connectivity index (χ3n) is 3.54. The Kier molecular flexibility index (Phi) is 4.59. The predicted molar refractivity (Wildman–Crippen MR) is 74.9 cm³/mol. The van der Waals surface area contributed by atoms with Gasteiger partial charge in [-0.15, -0.1) is 0 Å². The fraction of sp³-hybridized carbons (Fsp3) is 0.357. The van der Waals surface area contributed by atoms with Crippen molar-refractivity contribution in [3.63, 3.8) is 0 Å². The molecule has 22 heavy (non-hydrogen) atoms. The normalized spacial score (nSPS) is 14.6. The molecule has 0 aromatic heterocycles. The number of amides is 1. The lowest BCUT2D eigenvalue weighted by atomic mass is 10.1. The Morgan fingerprint density at radius 3 is 2.41 bits per heavy atom. The Hall–Kier alpha value is -2.64. The van der Waals surface area contributed by atoms with Crippen molar-refractivity contribution in [2.45, 2.75) is 0 Å². The van der Waals surface area contributed by atoms with E-state index < -0.39 is 23.4 Å². The number of aldehydes is 1. The monoisotopic (exact) mass is 310 g/mol. The minimum atomic E-state index is -1.000. The van der Waals surface area contributed by atoms with Crippen LogP contribution < -0.4 is 4.90 Å². The van der Waals surface area contributed by atoms with Gasteiger partial charge < -0.3 is 19.6 Å². The number of benzene rings is 1. The van der Waals surface area contributed by atoms with Gasteiger partial charge in [-0.25, -0.2) is 14.0 Å². The zero-order chi connectivity index (χ0) is 16.3. The Morgan fingerprint density at radius 1 is 1.27 bits per heavy atom. The molecule has 1 heterocycles. The second-order valence-electron chi connectivity index (χ2n) is 4.76. The lowest BCUT2D eigenvalue weighted by Crippen LogP contribution is -2.48. The van der Waals surface area contributed by atoms with Crippen LogP contribution in [0.3, 0.4) is 0 Å². The third-order valence-corrected chi connectivity index (χ3v) is 3.54. The van der Waals surface area contributed by atoms with Crippen molar-refractivity contribution in [1.82, 2.24) is 4.90 Å². The van der Waals surface area contributed by atoms with Crippen molar-refractivity contribution in [2.24, 2.45) is 0 Å². The van der Waals surface area contributed by atoms with Gasteiger partial charge in [0.2, 0.25) is 0 Å². The predicted octanol–water partition coefficient (Wildman–Crippen LogP) is 1.22. The topological polar surface area (TPSA) is 87.2 Å². The lowest BCUT2D eigenvalue weighted by molar-refractivity contribution is 0.0593. The molecule has 0 spiro atoms. The van der Waals surface area contributed by atoms with E-state index in [4.69, 9.17) is 5.11 Å². The second-order valence-corrected chi connectivity index (χ2v) is 4.76. The number of hydrogen-bond donors (Lipinski definition) is 1. The van der Waals surface area contributed by atoms with Crippen LogP contribution in [0.1, 0.15) is 20.7 Å². The van der Waals surface area contributed by atoms with Gasteiger partial charge in [0.15, 0.2) is 6.29 Å². The average molecular weight is 310 g/mol. The number of methoxy groups -OCH3 is 1. The molecule has 1 fully saturated rings. The Labute approximate surface area is 125 Å². The average Bonchev–Trinajstić information content (AvgIpc) is 2.53. The van der Waals surface area contributed by atoms with E-state index in [2.05, 4.69) is 4.74 Å². The van der Waals surface area contributed by atoms with Gasteiger partial charge in [0.25, 0.3) is 0 Å². The number of carbonyl (C=O) groups excluding carboxylic acids is 2. The number of carboxylic acid groups (broad SMARTS) is 1. The van der Waals surface area contributed by atoms with E-state index in [0.717, 1.165) is 13.2 Å². The van der Waals surface area contributed by atoms with E-state index in [0.29, 0.717) is 25.1 Å². The largest absolute Gasteiger partial charge is 0.465 e. The molecule has 1 aliphatic heterocycles. The van der Waals surface area contributed by atoms with E-state index in [9.17, 15) is 18.8 Å². The maximum absolute atomic E-state index is 14.1. The van der Waals surface area contributed by atoms with E-state index in [1.165, 1.54) is 11.0 Å². The Balaban J connectivity index is 2.27. The van der Waals surface area contributed by atoms with Crippen LogP contribution in [0.2, 0.25) is 0 Å². The quantitative estimate of drug-likeness (QED) is 0.667. The number of piperazine rings is 1. The Bertz CT molecular complexity index is 611. The van der Waals surface area contributed by atoms with Gasteiger partial charge in [-0.3, -0.25) is 4.79 Å². The molecular weight excluding hydrogens is 295 g/mol. The van der Waals surface area contributed by atoms with Crippen molar-refractivity contribution in [2.75, 3.05) is 38.2 Å². The summed E-state index contributed by atoms with van der Waals surface area (Å²) in [5.41, 5.74) is -0.0646. The number of rotatable bonds is 3. The molecule has 1 aromatic rings. The van der Waals surface area contributed by atoms with Gasteiger partial charge >= 0.3 is 12.1 Å². The first kappa shape index (κ1) is 15.7. The lowest BCUT2D eigenvalue weighted by Gasteiger charge is -2.34. The maximum atomic E-state index is 14.1. The summed E-state index contributed by atoms with van der Waals surface area (Å²) in [6.45, 7) is 1.32. The van der Waals surface area contributed by atoms with Gasteiger partial charge in [-0.05, 0) is 12.1 Å². The van der Waals surface area contributed by atoms with Gasteiger partial charge in [0, 0.05) is 37.4 Å². The summed E-state index contributed by atoms with van der Waals surface area (Å²) in [5, 5.41) is 8.90. The number of halogens is 1. The second kappa shape index (κ2) is 6.42. The van der Waals surface area contributed by atoms with Crippen molar-refractivity contribution in [3.8, 4) is 0 Å². The van der Waals surface area contributed by atoms with Crippen LogP contribution in [0.5, 0.6) is 0 Å². The highest BCUT2D eigenvalue weighted by Gasteiger charge is 2.24. The molecule has 0 bridgehead atoms. The summed E-state index contributed by atoms with van der Waals surface area (Å²) >= 11 is 0. The summed E-state index contributed by atoms with van der Waals surface area (Å²) in [5.74, 6) is -1.76. The molecule has 1 N–H and O–H groups in total. The van der Waals surface area contributed by atoms with E-state index in [1.54, 1.807) is 4.90 Å². The summed E-state index contributed by atoms with van der Waals surface area (Å²) < 4.78 is 18.6. The first-order valence-electron chi connectivity index (χ1n) is 6.57. The van der Waals surface area contributed by atoms with Crippen molar-refractivity contribution in [3.05, 3.63) is 29.1 Å². The van der Waals surface area contributed by atoms with Crippen LogP contribution in [-0.2, 0) is 4.74 Å². The van der Waals surface area contributed by atoms with Crippen LogP contribution in [0.25, 0.3) is 0 Å². The molecule has 1 amide bonds. The molecular formula is C14H15FN2O5. The fourth-order valence-corrected chi connectivity index (χ4v) is 2.36. The molecule has 7 nitrogen and oxygen atoms in total. The van der Waals surface area contributed by atoms with E-state index >= 15 is 0 Å². The molecule has 0 radical (unpaired) electrons. The number of hydrogen-bond acceptors (Lipinski definition) is 5. The molecule has 0 saturated carbocycles. The first-order chi connectivity index (χ1) is 10.5. The molecule has 1 aliphatic rings. The number of esters is 1. The third kappa shape index (κ3) is 3.00. The number of ether oxygens (including phenoxy) is 1. The number of carbonyl (C=O) groups is 3. The summed E-state index contributed by atoms with van der Waals surface area (Å²) in [7, 11) is 1.11. The molecule has 0 atom stereocenters. The minimum Gasteiger partial charge on any atom is -0.465 e. The van der Waals surface area contributed by atoms with Crippen molar-refractivity contribution < 1.29 is 28.6 Å². The summed E-state index contributed by atoms with van der Waals surface area (Å²) in [6.07, 6.45) is -0.604. The molecule has 1 saturated heterocycles. The highest BCUT2D eigenvalue weighted by molar-refractivity contribution is 5.99. The highest BCUT2D eigenvalue weighted by atomic mass is 19.1. The maximum Gasteiger partial charge on any atom is 0.407 e. The molecule has 118 valence electrons. The van der Waals surface area contributed by atoms with Gasteiger partial charge in [0.1, 0.15) is 11.4 Å². The molecule has 1 aromatic carbocycles.